The molecule has 1 spiro atoms. The summed E-state index contributed by atoms with van der Waals surface area (Å²) in [5.74, 6) is -0.0642. The van der Waals surface area contributed by atoms with Gasteiger partial charge in [0, 0.05) is 5.56 Å². The van der Waals surface area contributed by atoms with Crippen molar-refractivity contribution in [3.05, 3.63) is 65.2 Å². The smallest absolute Gasteiger partial charge is 0.232 e. The third-order valence-electron chi connectivity index (χ3n) is 4.59. The van der Waals surface area contributed by atoms with E-state index >= 15 is 0 Å². The lowest BCUT2D eigenvalue weighted by Crippen LogP contribution is -2.47. The highest BCUT2D eigenvalue weighted by Gasteiger charge is 2.52. The summed E-state index contributed by atoms with van der Waals surface area (Å²) in [6.07, 6.45) is -0.0331. The van der Waals surface area contributed by atoms with Gasteiger partial charge in [0.2, 0.25) is 12.0 Å². The zero-order valence-corrected chi connectivity index (χ0v) is 13.8. The Hall–Kier alpha value is -1.88. The van der Waals surface area contributed by atoms with Gasteiger partial charge in [-0.15, -0.1) is 0 Å². The van der Waals surface area contributed by atoms with Crippen LogP contribution < -0.4 is 4.74 Å². The molecule has 0 aromatic heterocycles. The largest absolute Gasteiger partial charge is 0.488 e. The van der Waals surface area contributed by atoms with Crippen molar-refractivity contribution in [2.75, 3.05) is 27.7 Å². The second-order valence-corrected chi connectivity index (χ2v) is 7.06. The number of hydrogen-bond acceptors (Lipinski definition) is 3. The Morgan fingerprint density at radius 1 is 0.957 bits per heavy atom. The molecule has 2 aliphatic heterocycles. The van der Waals surface area contributed by atoms with Crippen molar-refractivity contribution < 1.29 is 18.7 Å². The molecule has 0 bridgehead atoms. The minimum atomic E-state index is -0.889. The minimum absolute atomic E-state index is 0.0331. The van der Waals surface area contributed by atoms with E-state index in [1.165, 1.54) is 0 Å². The van der Waals surface area contributed by atoms with Crippen molar-refractivity contribution in [2.24, 2.45) is 0 Å². The molecule has 23 heavy (non-hydrogen) atoms. The fraction of sp³-hybridized carbons (Fsp3) is 0.368. The van der Waals surface area contributed by atoms with Crippen molar-refractivity contribution >= 4 is 0 Å². The zero-order chi connectivity index (χ0) is 16.1. The average molecular weight is 312 g/mol. The molecule has 0 amide bonds. The maximum atomic E-state index is 6.56. The van der Waals surface area contributed by atoms with Gasteiger partial charge in [-0.1, -0.05) is 36.4 Å². The number of likely N-dealkylation sites (N-methyl/N-ethyl adjacent to an activating group) is 1. The van der Waals surface area contributed by atoms with Gasteiger partial charge in [0.15, 0.2) is 0 Å². The SMILES string of the molecule is C[N+](C)(C)[C@H]1CO[C@@]2(O1)c1ccccc1COc1ccccc12. The van der Waals surface area contributed by atoms with Gasteiger partial charge in [-0.25, -0.2) is 0 Å². The molecule has 0 N–H and O–H groups in total. The minimum Gasteiger partial charge on any atom is -0.488 e. The summed E-state index contributed by atoms with van der Waals surface area (Å²) in [5, 5.41) is 0. The Labute approximate surface area is 136 Å². The molecule has 4 nitrogen and oxygen atoms in total. The quantitative estimate of drug-likeness (QED) is 0.758. The molecule has 4 heteroatoms. The molecule has 2 aliphatic rings. The van der Waals surface area contributed by atoms with E-state index in [4.69, 9.17) is 14.2 Å². The Morgan fingerprint density at radius 2 is 1.65 bits per heavy atom. The van der Waals surface area contributed by atoms with E-state index in [-0.39, 0.29) is 6.23 Å². The number of ether oxygens (including phenoxy) is 3. The van der Waals surface area contributed by atoms with Crippen molar-refractivity contribution in [2.45, 2.75) is 18.6 Å². The monoisotopic (exact) mass is 312 g/mol. The van der Waals surface area contributed by atoms with Gasteiger partial charge in [-0.05, 0) is 17.7 Å². The van der Waals surface area contributed by atoms with E-state index in [0.717, 1.165) is 22.4 Å². The molecule has 4 rings (SSSR count). The van der Waals surface area contributed by atoms with Crippen molar-refractivity contribution in [1.29, 1.82) is 0 Å². The normalized spacial score (nSPS) is 26.3. The van der Waals surface area contributed by atoms with Crippen LogP contribution in [0.5, 0.6) is 5.75 Å². The van der Waals surface area contributed by atoms with E-state index in [0.29, 0.717) is 17.7 Å². The van der Waals surface area contributed by atoms with E-state index in [9.17, 15) is 0 Å². The molecule has 0 unspecified atom stereocenters. The number of quaternary nitrogens is 1. The molecule has 2 aromatic carbocycles. The Bertz CT molecular complexity index is 688. The third kappa shape index (κ3) is 2.26. The second-order valence-electron chi connectivity index (χ2n) is 7.06. The number of hydrogen-bond donors (Lipinski definition) is 0. The summed E-state index contributed by atoms with van der Waals surface area (Å²) >= 11 is 0. The van der Waals surface area contributed by atoms with E-state index in [1.54, 1.807) is 0 Å². The first-order chi connectivity index (χ1) is 11.0. The van der Waals surface area contributed by atoms with Crippen LogP contribution in [0.25, 0.3) is 0 Å². The van der Waals surface area contributed by atoms with Crippen molar-refractivity contribution in [3.8, 4) is 5.75 Å². The molecule has 0 saturated carbocycles. The van der Waals surface area contributed by atoms with Crippen LogP contribution in [0.2, 0.25) is 0 Å². The lowest BCUT2D eigenvalue weighted by molar-refractivity contribution is -0.917. The Morgan fingerprint density at radius 3 is 2.39 bits per heavy atom. The van der Waals surface area contributed by atoms with E-state index in [1.807, 2.05) is 36.4 Å². The zero-order valence-electron chi connectivity index (χ0n) is 13.8. The number of nitrogens with zero attached hydrogens (tertiary/aromatic N) is 1. The highest BCUT2D eigenvalue weighted by Crippen LogP contribution is 2.48. The fourth-order valence-electron chi connectivity index (χ4n) is 3.24. The maximum absolute atomic E-state index is 6.56. The van der Waals surface area contributed by atoms with Crippen LogP contribution in [0.3, 0.4) is 0 Å². The van der Waals surface area contributed by atoms with Crippen LogP contribution >= 0.6 is 0 Å². The average Bonchev–Trinajstić information content (AvgIpc) is 2.94. The van der Waals surface area contributed by atoms with Crippen molar-refractivity contribution in [3.63, 3.8) is 0 Å². The lowest BCUT2D eigenvalue weighted by atomic mass is 9.93. The van der Waals surface area contributed by atoms with Crippen LogP contribution in [0.4, 0.5) is 0 Å². The molecular formula is C19H22NO3+. The van der Waals surface area contributed by atoms with Crippen LogP contribution in [0, 0.1) is 0 Å². The van der Waals surface area contributed by atoms with E-state index < -0.39 is 5.79 Å². The summed E-state index contributed by atoms with van der Waals surface area (Å²) < 4.78 is 19.6. The van der Waals surface area contributed by atoms with Gasteiger partial charge >= 0.3 is 0 Å². The van der Waals surface area contributed by atoms with Gasteiger partial charge < -0.3 is 14.0 Å². The fourth-order valence-corrected chi connectivity index (χ4v) is 3.24. The molecular weight excluding hydrogens is 290 g/mol. The molecule has 2 aromatic rings. The van der Waals surface area contributed by atoms with Crippen molar-refractivity contribution in [1.82, 2.24) is 0 Å². The molecule has 1 saturated heterocycles. The Balaban J connectivity index is 1.91. The molecule has 0 aliphatic carbocycles. The number of para-hydroxylation sites is 1. The molecule has 1 fully saturated rings. The van der Waals surface area contributed by atoms with Gasteiger partial charge in [-0.2, -0.15) is 0 Å². The second kappa shape index (κ2) is 5.06. The first-order valence-corrected chi connectivity index (χ1v) is 7.94. The topological polar surface area (TPSA) is 27.7 Å². The summed E-state index contributed by atoms with van der Waals surface area (Å²) in [4.78, 5) is 0. The number of benzene rings is 2. The predicted octanol–water partition coefficient (Wildman–Crippen LogP) is 2.86. The summed E-state index contributed by atoms with van der Waals surface area (Å²) in [6.45, 7) is 1.07. The van der Waals surface area contributed by atoms with E-state index in [2.05, 4.69) is 33.3 Å². The maximum Gasteiger partial charge on any atom is 0.232 e. The molecule has 2 atom stereocenters. The number of fused-ring (bicyclic) bond motifs is 4. The highest BCUT2D eigenvalue weighted by atomic mass is 16.8. The molecule has 2 heterocycles. The summed E-state index contributed by atoms with van der Waals surface area (Å²) in [7, 11) is 6.37. The highest BCUT2D eigenvalue weighted by molar-refractivity contribution is 5.48. The van der Waals surface area contributed by atoms with Gasteiger partial charge in [0.05, 0.1) is 26.7 Å². The van der Waals surface area contributed by atoms with Crippen LogP contribution in [0.1, 0.15) is 16.7 Å². The van der Waals surface area contributed by atoms with Crippen LogP contribution in [0.15, 0.2) is 48.5 Å². The Kier molecular flexibility index (Phi) is 3.23. The summed E-state index contributed by atoms with van der Waals surface area (Å²) in [5.41, 5.74) is 3.09. The van der Waals surface area contributed by atoms with Crippen LogP contribution in [-0.2, 0) is 21.9 Å². The van der Waals surface area contributed by atoms with Gasteiger partial charge in [0.25, 0.3) is 0 Å². The lowest BCUT2D eigenvalue weighted by Gasteiger charge is -2.33. The first-order valence-electron chi connectivity index (χ1n) is 7.94. The van der Waals surface area contributed by atoms with Gasteiger partial charge in [0.1, 0.15) is 19.0 Å². The number of rotatable bonds is 1. The van der Waals surface area contributed by atoms with Gasteiger partial charge in [-0.3, -0.25) is 4.74 Å². The standard InChI is InChI=1S/C19H22NO3/c1-20(2,3)18-13-22-19(23-18)15-9-5-4-8-14(15)12-21-17-11-7-6-10-16(17)19/h4-11,18H,12-13H2,1-3H3/q+1/t18-,19-/m1/s1. The first kappa shape index (κ1) is 14.7. The van der Waals surface area contributed by atoms with Crippen LogP contribution in [-0.4, -0.2) is 38.5 Å². The predicted molar refractivity (Wildman–Crippen MR) is 86.9 cm³/mol. The molecule has 120 valence electrons. The molecule has 0 radical (unpaired) electrons. The third-order valence-corrected chi connectivity index (χ3v) is 4.59. The summed E-state index contributed by atoms with van der Waals surface area (Å²) in [6, 6.07) is 16.2.